The second-order valence-corrected chi connectivity index (χ2v) is 8.76. The Morgan fingerprint density at radius 2 is 2.09 bits per heavy atom. The van der Waals surface area contributed by atoms with Gasteiger partial charge in [0.05, 0.1) is 15.7 Å². The van der Waals surface area contributed by atoms with Crippen molar-refractivity contribution in [3.05, 3.63) is 40.8 Å². The zero-order valence-corrected chi connectivity index (χ0v) is 14.2. The summed E-state index contributed by atoms with van der Waals surface area (Å²) in [5.74, 6) is 0.620. The third-order valence-electron chi connectivity index (χ3n) is 4.16. The molecular weight excluding hydrogens is 316 g/mol. The lowest BCUT2D eigenvalue weighted by molar-refractivity contribution is 0.508. The maximum atomic E-state index is 11.9. The van der Waals surface area contributed by atoms with E-state index in [4.69, 9.17) is 0 Å². The number of thiazole rings is 1. The molecule has 1 aliphatic heterocycles. The minimum atomic E-state index is -3.12. The van der Waals surface area contributed by atoms with Crippen molar-refractivity contribution >= 4 is 26.9 Å². The molecule has 4 nitrogen and oxygen atoms in total. The van der Waals surface area contributed by atoms with Gasteiger partial charge in [-0.3, -0.25) is 0 Å². The van der Waals surface area contributed by atoms with Crippen LogP contribution < -0.4 is 4.90 Å². The Bertz CT molecular complexity index is 709. The molecular formula is C16H20N2O2S2. The third-order valence-corrected chi connectivity index (χ3v) is 6.85. The van der Waals surface area contributed by atoms with Crippen LogP contribution >= 0.6 is 11.3 Å². The largest absolute Gasteiger partial charge is 0.371 e. The number of anilines is 1. The number of piperidine rings is 1. The summed E-state index contributed by atoms with van der Waals surface area (Å²) in [5, 5.41) is 3.23. The number of aromatic nitrogens is 1. The molecule has 1 atom stereocenters. The molecule has 0 saturated carbocycles. The average Bonchev–Trinajstić information content (AvgIpc) is 3.10. The lowest BCUT2D eigenvalue weighted by Gasteiger charge is -2.33. The van der Waals surface area contributed by atoms with Crippen LogP contribution in [0.15, 0.2) is 40.7 Å². The van der Waals surface area contributed by atoms with Gasteiger partial charge in [0.25, 0.3) is 0 Å². The highest BCUT2D eigenvalue weighted by atomic mass is 32.2. The summed E-state index contributed by atoms with van der Waals surface area (Å²) in [5.41, 5.74) is 1.09. The van der Waals surface area contributed by atoms with Crippen LogP contribution in [0, 0.1) is 0 Å². The van der Waals surface area contributed by atoms with Crippen LogP contribution in [0.4, 0.5) is 5.69 Å². The van der Waals surface area contributed by atoms with Gasteiger partial charge in [0, 0.05) is 36.3 Å². The number of hydrogen-bond donors (Lipinski definition) is 0. The average molecular weight is 336 g/mol. The predicted molar refractivity (Wildman–Crippen MR) is 90.5 cm³/mol. The first-order valence-corrected chi connectivity index (χ1v) is 10.1. The molecule has 0 amide bonds. The van der Waals surface area contributed by atoms with Crippen molar-refractivity contribution < 1.29 is 8.42 Å². The zero-order chi connectivity index (χ0) is 15.6. The van der Waals surface area contributed by atoms with E-state index in [9.17, 15) is 8.42 Å². The maximum Gasteiger partial charge on any atom is 0.178 e. The summed E-state index contributed by atoms with van der Waals surface area (Å²) in [4.78, 5) is 7.18. The van der Waals surface area contributed by atoms with Crippen LogP contribution in [0.2, 0.25) is 0 Å². The SMILES string of the molecule is CCS(=O)(=O)c1ccc(N2CCC[C@@H](c3nccs3)C2)cc1. The van der Waals surface area contributed by atoms with Gasteiger partial charge in [-0.1, -0.05) is 6.92 Å². The molecule has 0 aliphatic carbocycles. The summed E-state index contributed by atoms with van der Waals surface area (Å²) in [7, 11) is -3.12. The van der Waals surface area contributed by atoms with E-state index >= 15 is 0 Å². The Morgan fingerprint density at radius 3 is 2.73 bits per heavy atom. The van der Waals surface area contributed by atoms with Gasteiger partial charge in [0.2, 0.25) is 0 Å². The van der Waals surface area contributed by atoms with Crippen LogP contribution in [0.25, 0.3) is 0 Å². The zero-order valence-electron chi connectivity index (χ0n) is 12.6. The van der Waals surface area contributed by atoms with E-state index in [1.807, 2.05) is 23.7 Å². The minimum Gasteiger partial charge on any atom is -0.371 e. The molecule has 6 heteroatoms. The van der Waals surface area contributed by atoms with Gasteiger partial charge in [-0.15, -0.1) is 11.3 Å². The normalized spacial score (nSPS) is 19.3. The number of rotatable bonds is 4. The summed E-state index contributed by atoms with van der Waals surface area (Å²) in [6.07, 6.45) is 4.18. The monoisotopic (exact) mass is 336 g/mol. The minimum absolute atomic E-state index is 0.141. The lowest BCUT2D eigenvalue weighted by Crippen LogP contribution is -2.34. The highest BCUT2D eigenvalue weighted by Crippen LogP contribution is 2.31. The second-order valence-electron chi connectivity index (χ2n) is 5.55. The summed E-state index contributed by atoms with van der Waals surface area (Å²) >= 11 is 1.72. The van der Waals surface area contributed by atoms with Crippen molar-refractivity contribution in [2.75, 3.05) is 23.7 Å². The molecule has 2 aromatic rings. The molecule has 0 radical (unpaired) electrons. The first-order valence-electron chi connectivity index (χ1n) is 7.57. The van der Waals surface area contributed by atoms with Crippen molar-refractivity contribution in [3.63, 3.8) is 0 Å². The van der Waals surface area contributed by atoms with E-state index < -0.39 is 9.84 Å². The Kier molecular flexibility index (Phi) is 4.49. The van der Waals surface area contributed by atoms with Crippen molar-refractivity contribution in [2.45, 2.75) is 30.6 Å². The number of sulfone groups is 1. The van der Waals surface area contributed by atoms with E-state index in [1.165, 1.54) is 11.4 Å². The molecule has 2 heterocycles. The quantitative estimate of drug-likeness (QED) is 0.859. The van der Waals surface area contributed by atoms with Gasteiger partial charge in [-0.25, -0.2) is 13.4 Å². The highest BCUT2D eigenvalue weighted by molar-refractivity contribution is 7.91. The van der Waals surface area contributed by atoms with Gasteiger partial charge >= 0.3 is 0 Å². The highest BCUT2D eigenvalue weighted by Gasteiger charge is 2.23. The van der Waals surface area contributed by atoms with Crippen LogP contribution in [-0.2, 0) is 9.84 Å². The molecule has 0 N–H and O–H groups in total. The van der Waals surface area contributed by atoms with E-state index in [-0.39, 0.29) is 5.75 Å². The topological polar surface area (TPSA) is 50.3 Å². The maximum absolute atomic E-state index is 11.9. The predicted octanol–water partition coefficient (Wildman–Crippen LogP) is 3.32. The molecule has 0 spiro atoms. The van der Waals surface area contributed by atoms with Crippen LogP contribution in [-0.4, -0.2) is 32.2 Å². The Morgan fingerprint density at radius 1 is 1.32 bits per heavy atom. The van der Waals surface area contributed by atoms with Crippen LogP contribution in [0.3, 0.4) is 0 Å². The van der Waals surface area contributed by atoms with Gasteiger partial charge in [-0.2, -0.15) is 0 Å². The third kappa shape index (κ3) is 3.17. The Balaban J connectivity index is 1.76. The number of hydrogen-bond acceptors (Lipinski definition) is 5. The Labute approximate surface area is 135 Å². The summed E-state index contributed by atoms with van der Waals surface area (Å²) < 4.78 is 23.8. The molecule has 22 heavy (non-hydrogen) atoms. The van der Waals surface area contributed by atoms with Gasteiger partial charge in [-0.05, 0) is 37.1 Å². The van der Waals surface area contributed by atoms with Gasteiger partial charge in [0.1, 0.15) is 0 Å². The number of nitrogens with zero attached hydrogens (tertiary/aromatic N) is 2. The van der Waals surface area contributed by atoms with Crippen molar-refractivity contribution in [2.24, 2.45) is 0 Å². The van der Waals surface area contributed by atoms with E-state index in [2.05, 4.69) is 9.88 Å². The fourth-order valence-corrected chi connectivity index (χ4v) is 4.53. The first-order chi connectivity index (χ1) is 10.6. The fraction of sp³-hybridized carbons (Fsp3) is 0.438. The van der Waals surface area contributed by atoms with Crippen molar-refractivity contribution in [1.29, 1.82) is 0 Å². The number of benzene rings is 1. The smallest absolute Gasteiger partial charge is 0.178 e. The molecule has 3 rings (SSSR count). The lowest BCUT2D eigenvalue weighted by atomic mass is 9.98. The summed E-state index contributed by atoms with van der Waals surface area (Å²) in [6, 6.07) is 7.29. The van der Waals surface area contributed by atoms with Crippen LogP contribution in [0.1, 0.15) is 30.7 Å². The molecule has 0 bridgehead atoms. The standard InChI is InChI=1S/C16H20N2O2S2/c1-2-22(19,20)15-7-5-14(6-8-15)18-10-3-4-13(12-18)16-17-9-11-21-16/h5-9,11,13H,2-4,10,12H2,1H3/t13-/m1/s1. The van der Waals surface area contributed by atoms with E-state index in [0.717, 1.165) is 25.2 Å². The second kappa shape index (κ2) is 6.38. The Hall–Kier alpha value is -1.40. The van der Waals surface area contributed by atoms with E-state index in [0.29, 0.717) is 10.8 Å². The van der Waals surface area contributed by atoms with Crippen molar-refractivity contribution in [3.8, 4) is 0 Å². The molecule has 1 saturated heterocycles. The van der Waals surface area contributed by atoms with Gasteiger partial charge in [0.15, 0.2) is 9.84 Å². The van der Waals surface area contributed by atoms with Crippen LogP contribution in [0.5, 0.6) is 0 Å². The molecule has 0 unspecified atom stereocenters. The first kappa shape index (κ1) is 15.5. The van der Waals surface area contributed by atoms with Crippen molar-refractivity contribution in [1.82, 2.24) is 4.98 Å². The van der Waals surface area contributed by atoms with Gasteiger partial charge < -0.3 is 4.90 Å². The molecule has 1 aromatic heterocycles. The molecule has 118 valence electrons. The molecule has 1 aliphatic rings. The van der Waals surface area contributed by atoms with E-state index in [1.54, 1.807) is 30.4 Å². The molecule has 1 fully saturated rings. The summed E-state index contributed by atoms with van der Waals surface area (Å²) in [6.45, 7) is 3.64. The molecule has 1 aromatic carbocycles. The fourth-order valence-electron chi connectivity index (χ4n) is 2.88.